The summed E-state index contributed by atoms with van der Waals surface area (Å²) in [5, 5.41) is 3.02. The van der Waals surface area contributed by atoms with Gasteiger partial charge in [0.2, 0.25) is 0 Å². The average molecular weight is 353 g/mol. The third-order valence-electron chi connectivity index (χ3n) is 2.73. The van der Waals surface area contributed by atoms with Crippen molar-refractivity contribution < 1.29 is 14.3 Å². The van der Waals surface area contributed by atoms with Gasteiger partial charge in [0.1, 0.15) is 10.1 Å². The molecule has 1 heterocycles. The number of aromatic nitrogens is 1. The molecule has 0 aliphatic heterocycles. The molecular weight excluding hydrogens is 336 g/mol. The maximum absolute atomic E-state index is 12.3. The standard InChI is InChI=1S/C16H17ClN2O3S/c1-16(2,3)8-13(20)22-11-7-5-4-6-10(11)14(21)19-15-18-9-12(17)23-15/h4-7,9H,8H2,1-3H3,(H,18,19,21). The van der Waals surface area contributed by atoms with Crippen molar-refractivity contribution in [1.82, 2.24) is 4.98 Å². The topological polar surface area (TPSA) is 68.3 Å². The number of carbonyl (C=O) groups is 2. The van der Waals surface area contributed by atoms with Gasteiger partial charge in [-0.05, 0) is 17.5 Å². The van der Waals surface area contributed by atoms with Gasteiger partial charge in [-0.1, -0.05) is 55.8 Å². The van der Waals surface area contributed by atoms with Crippen molar-refractivity contribution in [3.05, 3.63) is 40.4 Å². The predicted molar refractivity (Wildman–Crippen MR) is 91.2 cm³/mol. The molecule has 5 nitrogen and oxygen atoms in total. The number of carbonyl (C=O) groups excluding carboxylic acids is 2. The first-order valence-corrected chi connectivity index (χ1v) is 8.16. The second-order valence-electron chi connectivity index (χ2n) is 6.13. The van der Waals surface area contributed by atoms with Gasteiger partial charge in [-0.2, -0.15) is 0 Å². The number of thiazole rings is 1. The van der Waals surface area contributed by atoms with Crippen molar-refractivity contribution in [3.8, 4) is 5.75 Å². The van der Waals surface area contributed by atoms with Gasteiger partial charge < -0.3 is 4.74 Å². The van der Waals surface area contributed by atoms with Crippen LogP contribution in [0.2, 0.25) is 4.34 Å². The van der Waals surface area contributed by atoms with Crippen molar-refractivity contribution in [3.63, 3.8) is 0 Å². The highest BCUT2D eigenvalue weighted by molar-refractivity contribution is 7.19. The van der Waals surface area contributed by atoms with Crippen molar-refractivity contribution in [2.75, 3.05) is 5.32 Å². The van der Waals surface area contributed by atoms with E-state index in [4.69, 9.17) is 16.3 Å². The van der Waals surface area contributed by atoms with Crippen LogP contribution < -0.4 is 10.1 Å². The van der Waals surface area contributed by atoms with Gasteiger partial charge in [-0.25, -0.2) is 4.98 Å². The van der Waals surface area contributed by atoms with E-state index < -0.39 is 5.91 Å². The number of esters is 1. The fourth-order valence-electron chi connectivity index (χ4n) is 1.81. The Labute approximate surface area is 143 Å². The number of rotatable bonds is 4. The number of halogens is 1. The van der Waals surface area contributed by atoms with Crippen LogP contribution in [0, 0.1) is 5.41 Å². The zero-order chi connectivity index (χ0) is 17.0. The lowest BCUT2D eigenvalue weighted by molar-refractivity contribution is -0.136. The number of anilines is 1. The number of nitrogens with one attached hydrogen (secondary N) is 1. The van der Waals surface area contributed by atoms with Gasteiger partial charge in [0.15, 0.2) is 5.13 Å². The predicted octanol–water partition coefficient (Wildman–Crippen LogP) is 4.39. The van der Waals surface area contributed by atoms with E-state index in [1.54, 1.807) is 24.3 Å². The van der Waals surface area contributed by atoms with Gasteiger partial charge in [-0.3, -0.25) is 14.9 Å². The van der Waals surface area contributed by atoms with Crippen LogP contribution in [0.5, 0.6) is 5.75 Å². The second-order valence-corrected chi connectivity index (χ2v) is 7.79. The van der Waals surface area contributed by atoms with Crippen molar-refractivity contribution in [1.29, 1.82) is 0 Å². The molecule has 122 valence electrons. The third kappa shape index (κ3) is 5.33. The molecular formula is C16H17ClN2O3S. The zero-order valence-corrected chi connectivity index (χ0v) is 14.6. The number of para-hydroxylation sites is 1. The van der Waals surface area contributed by atoms with E-state index in [1.807, 2.05) is 20.8 Å². The Morgan fingerprint density at radius 2 is 2.00 bits per heavy atom. The van der Waals surface area contributed by atoms with Crippen LogP contribution in [0.3, 0.4) is 0 Å². The smallest absolute Gasteiger partial charge is 0.311 e. The summed E-state index contributed by atoms with van der Waals surface area (Å²) in [6.07, 6.45) is 1.71. The maximum Gasteiger partial charge on any atom is 0.311 e. The van der Waals surface area contributed by atoms with Crippen molar-refractivity contribution in [2.24, 2.45) is 5.41 Å². The molecule has 2 aromatic rings. The summed E-state index contributed by atoms with van der Waals surface area (Å²) in [6, 6.07) is 6.58. The van der Waals surface area contributed by atoms with E-state index >= 15 is 0 Å². The monoisotopic (exact) mass is 352 g/mol. The summed E-state index contributed by atoms with van der Waals surface area (Å²) in [7, 11) is 0. The Kier molecular flexibility index (Phi) is 5.38. The van der Waals surface area contributed by atoms with Gasteiger partial charge >= 0.3 is 5.97 Å². The van der Waals surface area contributed by atoms with E-state index in [2.05, 4.69) is 10.3 Å². The first kappa shape index (κ1) is 17.4. The molecule has 0 bridgehead atoms. The van der Waals surface area contributed by atoms with Crippen LogP contribution in [0.25, 0.3) is 0 Å². The highest BCUT2D eigenvalue weighted by Crippen LogP contribution is 2.26. The minimum Gasteiger partial charge on any atom is -0.426 e. The minimum atomic E-state index is -0.407. The average Bonchev–Trinajstić information content (AvgIpc) is 2.82. The molecule has 0 fully saturated rings. The number of benzene rings is 1. The fraction of sp³-hybridized carbons (Fsp3) is 0.312. The van der Waals surface area contributed by atoms with Gasteiger partial charge in [0, 0.05) is 0 Å². The van der Waals surface area contributed by atoms with E-state index in [0.29, 0.717) is 9.47 Å². The number of hydrogen-bond donors (Lipinski definition) is 1. The van der Waals surface area contributed by atoms with E-state index in [1.165, 1.54) is 6.20 Å². The number of nitrogens with zero attached hydrogens (tertiary/aromatic N) is 1. The Morgan fingerprint density at radius 1 is 1.30 bits per heavy atom. The molecule has 23 heavy (non-hydrogen) atoms. The summed E-state index contributed by atoms with van der Waals surface area (Å²) >= 11 is 6.94. The summed E-state index contributed by atoms with van der Waals surface area (Å²) in [6.45, 7) is 5.83. The van der Waals surface area contributed by atoms with E-state index in [-0.39, 0.29) is 29.1 Å². The highest BCUT2D eigenvalue weighted by atomic mass is 35.5. The molecule has 0 spiro atoms. The number of amides is 1. The molecule has 1 aromatic carbocycles. The zero-order valence-electron chi connectivity index (χ0n) is 13.1. The van der Waals surface area contributed by atoms with Crippen LogP contribution in [0.15, 0.2) is 30.5 Å². The van der Waals surface area contributed by atoms with E-state index in [9.17, 15) is 9.59 Å². The molecule has 0 aliphatic rings. The Balaban J connectivity index is 2.13. The molecule has 0 aliphatic carbocycles. The molecule has 1 aromatic heterocycles. The Hall–Kier alpha value is -1.92. The summed E-state index contributed by atoms with van der Waals surface area (Å²) in [4.78, 5) is 28.3. The van der Waals surface area contributed by atoms with Gasteiger partial charge in [0.25, 0.3) is 5.91 Å². The third-order valence-corrected chi connectivity index (χ3v) is 3.76. The highest BCUT2D eigenvalue weighted by Gasteiger charge is 2.20. The molecule has 0 saturated heterocycles. The molecule has 7 heteroatoms. The Bertz CT molecular complexity index is 722. The lowest BCUT2D eigenvalue weighted by Gasteiger charge is -2.17. The first-order chi connectivity index (χ1) is 10.7. The molecule has 0 atom stereocenters. The van der Waals surface area contributed by atoms with Crippen LogP contribution >= 0.6 is 22.9 Å². The van der Waals surface area contributed by atoms with E-state index in [0.717, 1.165) is 11.3 Å². The molecule has 1 amide bonds. The van der Waals surface area contributed by atoms with Gasteiger partial charge in [-0.15, -0.1) is 0 Å². The second kappa shape index (κ2) is 7.10. The van der Waals surface area contributed by atoms with Crippen LogP contribution in [0.4, 0.5) is 5.13 Å². The lowest BCUT2D eigenvalue weighted by atomic mass is 9.92. The van der Waals surface area contributed by atoms with Gasteiger partial charge in [0.05, 0.1) is 18.2 Å². The normalized spacial score (nSPS) is 11.1. The number of ether oxygens (including phenoxy) is 1. The maximum atomic E-state index is 12.3. The lowest BCUT2D eigenvalue weighted by Crippen LogP contribution is -2.20. The molecule has 0 saturated carbocycles. The quantitative estimate of drug-likeness (QED) is 0.654. The summed E-state index contributed by atoms with van der Waals surface area (Å²) < 4.78 is 5.82. The molecule has 1 N–H and O–H groups in total. The fourth-order valence-corrected chi connectivity index (χ4v) is 2.62. The SMILES string of the molecule is CC(C)(C)CC(=O)Oc1ccccc1C(=O)Nc1ncc(Cl)s1. The van der Waals surface area contributed by atoms with Crippen LogP contribution in [-0.4, -0.2) is 16.9 Å². The molecule has 2 rings (SSSR count). The van der Waals surface area contributed by atoms with Crippen molar-refractivity contribution in [2.45, 2.75) is 27.2 Å². The number of hydrogen-bond acceptors (Lipinski definition) is 5. The Morgan fingerprint density at radius 3 is 2.61 bits per heavy atom. The molecule has 0 unspecified atom stereocenters. The minimum absolute atomic E-state index is 0.189. The van der Waals surface area contributed by atoms with Crippen LogP contribution in [-0.2, 0) is 4.79 Å². The summed E-state index contributed by atoms with van der Waals surface area (Å²) in [5.74, 6) is -0.563. The first-order valence-electron chi connectivity index (χ1n) is 6.97. The van der Waals surface area contributed by atoms with Crippen LogP contribution in [0.1, 0.15) is 37.6 Å². The summed E-state index contributed by atoms with van der Waals surface area (Å²) in [5.41, 5.74) is 0.0763. The largest absolute Gasteiger partial charge is 0.426 e. The molecule has 0 radical (unpaired) electrons. The van der Waals surface area contributed by atoms with Crippen molar-refractivity contribution >= 4 is 39.9 Å².